The summed E-state index contributed by atoms with van der Waals surface area (Å²) in [5.41, 5.74) is -1.28. The zero-order chi connectivity index (χ0) is 20.3. The molecule has 0 aromatic heterocycles. The van der Waals surface area contributed by atoms with E-state index in [-0.39, 0.29) is 26.9 Å². The van der Waals surface area contributed by atoms with E-state index in [0.29, 0.717) is 11.8 Å². The first kappa shape index (κ1) is 20.5. The number of amides is 1. The molecule has 5 nitrogen and oxygen atoms in total. The molecule has 1 amide bonds. The summed E-state index contributed by atoms with van der Waals surface area (Å²) in [6.07, 6.45) is 6.10. The predicted octanol–water partition coefficient (Wildman–Crippen LogP) is 3.99. The predicted molar refractivity (Wildman–Crippen MR) is 110 cm³/mol. The van der Waals surface area contributed by atoms with Gasteiger partial charge in [-0.3, -0.25) is 4.79 Å². The lowest BCUT2D eigenvalue weighted by Crippen LogP contribution is -2.62. The third kappa shape index (κ3) is 3.81. The molecule has 0 atom stereocenters. The van der Waals surface area contributed by atoms with Gasteiger partial charge in [0.25, 0.3) is 0 Å². The van der Waals surface area contributed by atoms with E-state index < -0.39 is 15.6 Å². The van der Waals surface area contributed by atoms with Crippen molar-refractivity contribution < 1.29 is 13.2 Å². The maximum Gasteiger partial charge on any atom is 0.241 e. The summed E-state index contributed by atoms with van der Waals surface area (Å²) < 4.78 is 28.0. The molecule has 4 bridgehead atoms. The molecule has 0 saturated heterocycles. The van der Waals surface area contributed by atoms with Gasteiger partial charge in [-0.05, 0) is 87.8 Å². The number of nitrogens with one attached hydrogen (secondary N) is 2. The molecule has 5 rings (SSSR count). The normalized spacial score (nSPS) is 31.8. The van der Waals surface area contributed by atoms with E-state index in [1.54, 1.807) is 13.8 Å². The first-order valence-electron chi connectivity index (χ1n) is 9.85. The summed E-state index contributed by atoms with van der Waals surface area (Å²) in [6.45, 7) is 3.18. The van der Waals surface area contributed by atoms with Crippen LogP contribution >= 0.6 is 23.2 Å². The van der Waals surface area contributed by atoms with Crippen LogP contribution in [0.3, 0.4) is 0 Å². The smallest absolute Gasteiger partial charge is 0.241 e. The number of hydrogen-bond donors (Lipinski definition) is 2. The first-order valence-corrected chi connectivity index (χ1v) is 12.1. The molecule has 1 aromatic carbocycles. The second-order valence-electron chi connectivity index (χ2n) is 9.24. The number of carbonyl (C=O) groups excluding carboxylic acids is 1. The van der Waals surface area contributed by atoms with Gasteiger partial charge in [0.05, 0.1) is 14.9 Å². The number of halogens is 2. The van der Waals surface area contributed by atoms with Crippen molar-refractivity contribution in [3.05, 3.63) is 28.2 Å². The van der Waals surface area contributed by atoms with Crippen LogP contribution in [0.5, 0.6) is 0 Å². The van der Waals surface area contributed by atoms with Crippen LogP contribution in [0.25, 0.3) is 0 Å². The maximum atomic E-state index is 13.0. The number of sulfonamides is 1. The molecule has 0 aliphatic heterocycles. The van der Waals surface area contributed by atoms with Gasteiger partial charge >= 0.3 is 0 Å². The number of carbonyl (C=O) groups is 1. The van der Waals surface area contributed by atoms with Crippen molar-refractivity contribution in [1.29, 1.82) is 0 Å². The van der Waals surface area contributed by atoms with Gasteiger partial charge in [-0.25, -0.2) is 8.42 Å². The Labute approximate surface area is 176 Å². The lowest BCUT2D eigenvalue weighted by Gasteiger charge is -2.54. The fourth-order valence-electron chi connectivity index (χ4n) is 5.58. The summed E-state index contributed by atoms with van der Waals surface area (Å²) in [4.78, 5) is 13.0. The molecule has 154 valence electrons. The largest absolute Gasteiger partial charge is 0.351 e. The van der Waals surface area contributed by atoms with Crippen LogP contribution in [0.4, 0.5) is 0 Å². The van der Waals surface area contributed by atoms with Gasteiger partial charge in [-0.2, -0.15) is 4.72 Å². The Balaban J connectivity index is 1.47. The summed E-state index contributed by atoms with van der Waals surface area (Å²) in [5.74, 6) is 2.41. The standard InChI is InChI=1S/C20H26Cl2N2O3S/c1-20(2,24-28(26,27)15-3-4-16(21)17(22)10-15)19(25)23-18-13-6-11-5-12(8-13)9-14(18)7-11/h3-4,10-14,18,24H,5-9H2,1-2H3,(H,23,25)/t11-,12?,13+,14?,18?/m0/s1. The minimum Gasteiger partial charge on any atom is -0.351 e. The van der Waals surface area contributed by atoms with Gasteiger partial charge < -0.3 is 5.32 Å². The molecule has 8 heteroatoms. The van der Waals surface area contributed by atoms with Crippen LogP contribution in [0.1, 0.15) is 46.0 Å². The van der Waals surface area contributed by atoms with Gasteiger partial charge in [0.1, 0.15) is 5.54 Å². The molecule has 0 unspecified atom stereocenters. The fraction of sp³-hybridized carbons (Fsp3) is 0.650. The van der Waals surface area contributed by atoms with E-state index in [0.717, 1.165) is 11.8 Å². The number of benzene rings is 1. The molecule has 0 spiro atoms. The van der Waals surface area contributed by atoms with Gasteiger partial charge in [-0.15, -0.1) is 0 Å². The van der Waals surface area contributed by atoms with E-state index in [1.165, 1.54) is 50.3 Å². The van der Waals surface area contributed by atoms with Crippen LogP contribution in [0.15, 0.2) is 23.1 Å². The summed E-state index contributed by atoms with van der Waals surface area (Å²) in [6, 6.07) is 4.26. The summed E-state index contributed by atoms with van der Waals surface area (Å²) in [5, 5.41) is 3.61. The fourth-order valence-corrected chi connectivity index (χ4v) is 7.34. The molecular formula is C20H26Cl2N2O3S. The van der Waals surface area contributed by atoms with Gasteiger partial charge in [0.15, 0.2) is 0 Å². The first-order chi connectivity index (χ1) is 13.0. The van der Waals surface area contributed by atoms with Crippen molar-refractivity contribution in [2.75, 3.05) is 0 Å². The average Bonchev–Trinajstić information content (AvgIpc) is 2.58. The van der Waals surface area contributed by atoms with Gasteiger partial charge in [0.2, 0.25) is 15.9 Å². The number of hydrogen-bond acceptors (Lipinski definition) is 3. The second kappa shape index (κ2) is 7.15. The highest BCUT2D eigenvalue weighted by Crippen LogP contribution is 2.53. The average molecular weight is 445 g/mol. The maximum absolute atomic E-state index is 13.0. The van der Waals surface area contributed by atoms with Crippen LogP contribution in [-0.2, 0) is 14.8 Å². The Morgan fingerprint density at radius 2 is 1.57 bits per heavy atom. The highest BCUT2D eigenvalue weighted by atomic mass is 35.5. The van der Waals surface area contributed by atoms with E-state index in [4.69, 9.17) is 23.2 Å². The Morgan fingerprint density at radius 3 is 2.11 bits per heavy atom. The lowest BCUT2D eigenvalue weighted by atomic mass is 9.54. The van der Waals surface area contributed by atoms with Crippen molar-refractivity contribution >= 4 is 39.1 Å². The van der Waals surface area contributed by atoms with E-state index in [1.807, 2.05) is 0 Å². The Bertz CT molecular complexity index is 873. The molecule has 4 saturated carbocycles. The van der Waals surface area contributed by atoms with Crippen molar-refractivity contribution in [1.82, 2.24) is 10.0 Å². The highest BCUT2D eigenvalue weighted by molar-refractivity contribution is 7.89. The van der Waals surface area contributed by atoms with Crippen molar-refractivity contribution in [2.45, 2.75) is 62.4 Å². The lowest BCUT2D eigenvalue weighted by molar-refractivity contribution is -0.129. The molecule has 1 aromatic rings. The quantitative estimate of drug-likeness (QED) is 0.720. The van der Waals surface area contributed by atoms with E-state index >= 15 is 0 Å². The molecule has 0 heterocycles. The molecular weight excluding hydrogens is 419 g/mol. The number of rotatable bonds is 5. The summed E-state index contributed by atoms with van der Waals surface area (Å²) >= 11 is 11.8. The monoisotopic (exact) mass is 444 g/mol. The van der Waals surface area contributed by atoms with Crippen molar-refractivity contribution in [3.8, 4) is 0 Å². The molecule has 0 radical (unpaired) electrons. The SMILES string of the molecule is CC(C)(NS(=O)(=O)c1ccc(Cl)c(Cl)c1)C(=O)NC1C2CC3C[C@H](C2)C[C@@H]1C3. The molecule has 4 aliphatic carbocycles. The minimum absolute atomic E-state index is 0.0163. The Hall–Kier alpha value is -0.820. The van der Waals surface area contributed by atoms with Crippen molar-refractivity contribution in [2.24, 2.45) is 23.7 Å². The topological polar surface area (TPSA) is 75.3 Å². The second-order valence-corrected chi connectivity index (χ2v) is 11.7. The van der Waals surface area contributed by atoms with E-state index in [9.17, 15) is 13.2 Å². The molecule has 2 N–H and O–H groups in total. The minimum atomic E-state index is -3.92. The van der Waals surface area contributed by atoms with Gasteiger partial charge in [-0.1, -0.05) is 23.2 Å². The zero-order valence-corrected chi connectivity index (χ0v) is 18.4. The molecule has 28 heavy (non-hydrogen) atoms. The van der Waals surface area contributed by atoms with Crippen LogP contribution in [-0.4, -0.2) is 25.9 Å². The van der Waals surface area contributed by atoms with Crippen molar-refractivity contribution in [3.63, 3.8) is 0 Å². The Kier molecular flexibility index (Phi) is 5.22. The third-order valence-corrected chi connectivity index (χ3v) is 9.08. The van der Waals surface area contributed by atoms with Crippen LogP contribution in [0.2, 0.25) is 10.0 Å². The van der Waals surface area contributed by atoms with Crippen LogP contribution < -0.4 is 10.0 Å². The third-order valence-electron chi connectivity index (χ3n) is 6.68. The summed E-state index contributed by atoms with van der Waals surface area (Å²) in [7, 11) is -3.92. The molecule has 4 fully saturated rings. The Morgan fingerprint density at radius 1 is 1.00 bits per heavy atom. The molecule has 4 aliphatic rings. The van der Waals surface area contributed by atoms with Crippen LogP contribution in [0, 0.1) is 23.7 Å². The van der Waals surface area contributed by atoms with E-state index in [2.05, 4.69) is 10.0 Å². The van der Waals surface area contributed by atoms with Gasteiger partial charge in [0, 0.05) is 6.04 Å². The zero-order valence-electron chi connectivity index (χ0n) is 16.0. The highest BCUT2D eigenvalue weighted by Gasteiger charge is 2.49.